The van der Waals surface area contributed by atoms with Crippen molar-refractivity contribution in [2.75, 3.05) is 9.80 Å². The van der Waals surface area contributed by atoms with Crippen LogP contribution in [0.5, 0.6) is 0 Å². The maximum Gasteiger partial charge on any atom is 0.275 e. The van der Waals surface area contributed by atoms with Crippen LogP contribution in [0.4, 0.5) is 11.4 Å². The number of hydrogen-bond acceptors (Lipinski definition) is 4. The molecule has 2 unspecified atom stereocenters. The smallest absolute Gasteiger partial charge is 0.275 e. The topological polar surface area (TPSA) is 57.7 Å². The van der Waals surface area contributed by atoms with Crippen molar-refractivity contribution in [3.05, 3.63) is 72.3 Å². The monoisotopic (exact) mass is 402 g/mol. The van der Waals surface area contributed by atoms with Gasteiger partial charge in [-0.25, -0.2) is 4.90 Å². The average molecular weight is 402 g/mol. The number of para-hydroxylation sites is 1. The number of nitrogens with zero attached hydrogens (tertiary/aromatic N) is 2. The lowest BCUT2D eigenvalue weighted by Gasteiger charge is -2.33. The lowest BCUT2D eigenvalue weighted by atomic mass is 10.0. The second-order valence-electron chi connectivity index (χ2n) is 7.29. The van der Waals surface area contributed by atoms with Crippen LogP contribution in [0.15, 0.2) is 66.7 Å². The van der Waals surface area contributed by atoms with E-state index in [2.05, 4.69) is 0 Å². The Morgan fingerprint density at radius 2 is 1.66 bits per heavy atom. The van der Waals surface area contributed by atoms with Gasteiger partial charge < -0.3 is 0 Å². The third-order valence-electron chi connectivity index (χ3n) is 5.54. The molecular weight excluding hydrogens is 384 g/mol. The van der Waals surface area contributed by atoms with Gasteiger partial charge in [0, 0.05) is 18.2 Å². The molecule has 29 heavy (non-hydrogen) atoms. The second kappa shape index (κ2) is 6.19. The molecule has 1 spiro atoms. The largest absolute Gasteiger partial charge is 0.283 e. The van der Waals surface area contributed by atoms with Gasteiger partial charge in [0.2, 0.25) is 16.7 Å². The van der Waals surface area contributed by atoms with Gasteiger partial charge in [0.25, 0.3) is 5.91 Å². The minimum atomic E-state index is -1.28. The first-order valence-electron chi connectivity index (χ1n) is 9.40. The fraction of sp³-hybridized carbons (Fsp3) is 0.174. The molecule has 0 aliphatic carbocycles. The van der Waals surface area contributed by atoms with E-state index in [-0.39, 0.29) is 17.7 Å². The van der Waals surface area contributed by atoms with Crippen LogP contribution in [-0.2, 0) is 19.3 Å². The van der Waals surface area contributed by atoms with Crippen LogP contribution >= 0.6 is 11.8 Å². The molecule has 0 N–H and O–H groups in total. The number of carbonyl (C=O) groups excluding carboxylic acids is 3. The van der Waals surface area contributed by atoms with Gasteiger partial charge >= 0.3 is 0 Å². The van der Waals surface area contributed by atoms with E-state index in [1.165, 1.54) is 23.6 Å². The Balaban J connectivity index is 1.77. The van der Waals surface area contributed by atoms with E-state index in [1.54, 1.807) is 17.0 Å². The van der Waals surface area contributed by atoms with Crippen LogP contribution in [0.25, 0.3) is 10.8 Å². The molecular formula is C23H18N2O3S. The van der Waals surface area contributed by atoms with Crippen LogP contribution in [0.2, 0.25) is 0 Å². The Morgan fingerprint density at radius 1 is 0.966 bits per heavy atom. The van der Waals surface area contributed by atoms with Gasteiger partial charge in [0.1, 0.15) is 0 Å². The summed E-state index contributed by atoms with van der Waals surface area (Å²) in [6, 6.07) is 20.9. The lowest BCUT2D eigenvalue weighted by molar-refractivity contribution is -0.128. The van der Waals surface area contributed by atoms with Gasteiger partial charge in [-0.05, 0) is 35.9 Å². The summed E-state index contributed by atoms with van der Waals surface area (Å²) in [6.07, 6.45) is 0. The van der Waals surface area contributed by atoms with Crippen molar-refractivity contribution in [2.45, 2.75) is 24.0 Å². The zero-order chi connectivity index (χ0) is 20.3. The summed E-state index contributed by atoms with van der Waals surface area (Å²) in [5, 5.41) is 1.63. The van der Waals surface area contributed by atoms with Gasteiger partial charge in [-0.2, -0.15) is 0 Å². The Morgan fingerprint density at radius 3 is 2.41 bits per heavy atom. The summed E-state index contributed by atoms with van der Waals surface area (Å²) in [5.41, 5.74) is 1.88. The van der Waals surface area contributed by atoms with Gasteiger partial charge in [0.05, 0.1) is 10.9 Å². The summed E-state index contributed by atoms with van der Waals surface area (Å²) in [4.78, 5) is 40.8. The van der Waals surface area contributed by atoms with E-state index in [9.17, 15) is 14.4 Å². The zero-order valence-electron chi connectivity index (χ0n) is 16.0. The Kier molecular flexibility index (Phi) is 3.83. The second-order valence-corrected chi connectivity index (χ2v) is 8.82. The normalized spacial score (nSPS) is 23.3. The van der Waals surface area contributed by atoms with E-state index in [0.717, 1.165) is 10.8 Å². The van der Waals surface area contributed by atoms with Crippen LogP contribution < -0.4 is 9.80 Å². The van der Waals surface area contributed by atoms with Crippen LogP contribution in [-0.4, -0.2) is 23.0 Å². The number of benzene rings is 3. The first-order valence-corrected chi connectivity index (χ1v) is 10.3. The van der Waals surface area contributed by atoms with Crippen molar-refractivity contribution >= 4 is 51.6 Å². The van der Waals surface area contributed by atoms with E-state index in [4.69, 9.17) is 0 Å². The number of hydrogen-bond donors (Lipinski definition) is 0. The average Bonchev–Trinajstić information content (AvgIpc) is 3.13. The van der Waals surface area contributed by atoms with E-state index >= 15 is 0 Å². The summed E-state index contributed by atoms with van der Waals surface area (Å²) >= 11 is 1.30. The van der Waals surface area contributed by atoms with Crippen LogP contribution in [0, 0.1) is 0 Å². The Hall–Kier alpha value is -3.12. The van der Waals surface area contributed by atoms with E-state index in [1.807, 2.05) is 61.5 Å². The maximum absolute atomic E-state index is 13.7. The zero-order valence-corrected chi connectivity index (χ0v) is 16.8. The SMILES string of the molecule is CC(=O)N1C(=O)C2(SC(C)C(=O)N2c2ccc3ccccc3c2)c2ccccc21. The maximum atomic E-state index is 13.7. The van der Waals surface area contributed by atoms with Crippen LogP contribution in [0.1, 0.15) is 19.4 Å². The predicted molar refractivity (Wildman–Crippen MR) is 115 cm³/mol. The number of carbonyl (C=O) groups is 3. The van der Waals surface area contributed by atoms with Crippen molar-refractivity contribution in [3.8, 4) is 0 Å². The molecule has 1 fully saturated rings. The number of imide groups is 1. The fourth-order valence-corrected chi connectivity index (χ4v) is 5.81. The minimum absolute atomic E-state index is 0.140. The summed E-state index contributed by atoms with van der Waals surface area (Å²) in [5.74, 6) is -0.883. The molecule has 6 heteroatoms. The van der Waals surface area contributed by atoms with Crippen molar-refractivity contribution in [1.29, 1.82) is 0 Å². The van der Waals surface area contributed by atoms with Crippen molar-refractivity contribution < 1.29 is 14.4 Å². The van der Waals surface area contributed by atoms with Crippen molar-refractivity contribution in [1.82, 2.24) is 0 Å². The molecule has 0 bridgehead atoms. The Bertz CT molecular complexity index is 1210. The predicted octanol–water partition coefficient (Wildman–Crippen LogP) is 4.05. The first kappa shape index (κ1) is 17.9. The molecule has 3 aromatic carbocycles. The number of thioether (sulfide) groups is 1. The number of amides is 3. The Labute approximate surface area is 172 Å². The molecule has 0 saturated carbocycles. The molecule has 0 radical (unpaired) electrons. The molecule has 1 saturated heterocycles. The molecule has 5 nitrogen and oxygen atoms in total. The molecule has 0 aromatic heterocycles. The highest BCUT2D eigenvalue weighted by atomic mass is 32.2. The molecule has 144 valence electrons. The van der Waals surface area contributed by atoms with Crippen LogP contribution in [0.3, 0.4) is 0 Å². The summed E-state index contributed by atoms with van der Waals surface area (Å²) in [6.45, 7) is 3.18. The third kappa shape index (κ3) is 2.32. The summed E-state index contributed by atoms with van der Waals surface area (Å²) < 4.78 is 0. The van der Waals surface area contributed by atoms with Crippen molar-refractivity contribution in [3.63, 3.8) is 0 Å². The van der Waals surface area contributed by atoms with E-state index < -0.39 is 10.1 Å². The van der Waals surface area contributed by atoms with E-state index in [0.29, 0.717) is 16.9 Å². The molecule has 5 rings (SSSR count). The molecule has 3 aromatic rings. The number of anilines is 2. The highest BCUT2D eigenvalue weighted by Gasteiger charge is 2.63. The minimum Gasteiger partial charge on any atom is -0.283 e. The van der Waals surface area contributed by atoms with Gasteiger partial charge in [-0.15, -0.1) is 11.8 Å². The first-order chi connectivity index (χ1) is 13.9. The third-order valence-corrected chi connectivity index (χ3v) is 7.01. The van der Waals surface area contributed by atoms with Gasteiger partial charge in [-0.3, -0.25) is 19.3 Å². The molecule has 2 heterocycles. The van der Waals surface area contributed by atoms with Gasteiger partial charge in [-0.1, -0.05) is 48.5 Å². The fourth-order valence-electron chi connectivity index (χ4n) is 4.29. The molecule has 2 atom stereocenters. The van der Waals surface area contributed by atoms with Crippen molar-refractivity contribution in [2.24, 2.45) is 0 Å². The van der Waals surface area contributed by atoms with Gasteiger partial charge in [0.15, 0.2) is 0 Å². The molecule has 2 aliphatic rings. The standard InChI is InChI=1S/C23H18N2O3S/c1-14-21(27)25(18-12-11-16-7-3-4-8-17(16)13-18)23(29-14)19-9-5-6-10-20(19)24(15(2)26)22(23)28/h3-14H,1-2H3. The lowest BCUT2D eigenvalue weighted by Crippen LogP contribution is -2.50. The molecule has 2 aliphatic heterocycles. The highest BCUT2D eigenvalue weighted by Crippen LogP contribution is 2.57. The molecule has 3 amide bonds. The number of rotatable bonds is 1. The summed E-state index contributed by atoms with van der Waals surface area (Å²) in [7, 11) is 0. The number of fused-ring (bicyclic) bond motifs is 3. The quantitative estimate of drug-likeness (QED) is 0.616. The highest BCUT2D eigenvalue weighted by molar-refractivity contribution is 8.03.